The Morgan fingerprint density at radius 2 is 1.59 bits per heavy atom. The molecule has 0 radical (unpaired) electrons. The van der Waals surface area contributed by atoms with Crippen molar-refractivity contribution in [3.05, 3.63) is 101 Å². The molecule has 6 heterocycles. The molecule has 0 unspecified atom stereocenters. The molecule has 2 fully saturated rings. The van der Waals surface area contributed by atoms with Gasteiger partial charge in [0.2, 0.25) is 23.7 Å². The van der Waals surface area contributed by atoms with E-state index >= 15 is 8.78 Å². The highest BCUT2D eigenvalue weighted by atomic mass is 32.1. The number of aliphatic hydroxyl groups is 1. The molecular weight excluding hydrogens is 953 g/mol. The van der Waals surface area contributed by atoms with Crippen molar-refractivity contribution in [2.24, 2.45) is 11.3 Å². The molecule has 3 amide bonds. The van der Waals surface area contributed by atoms with E-state index in [1.54, 1.807) is 29.7 Å². The van der Waals surface area contributed by atoms with E-state index in [0.29, 0.717) is 69.1 Å². The number of unbranched alkanes of at least 4 members (excludes halogenated alkanes) is 1. The number of anilines is 2. The zero-order chi connectivity index (χ0) is 52.1. The number of nitrogens with one attached hydrogen (secondary N) is 2. The molecule has 0 aliphatic carbocycles. The number of aryl methyl sites for hydroxylation is 2. The van der Waals surface area contributed by atoms with Crippen LogP contribution in [-0.2, 0) is 32.3 Å². The number of hydrogen-bond donors (Lipinski definition) is 3. The minimum Gasteiger partial charge on any atom is -0.391 e. The van der Waals surface area contributed by atoms with Crippen molar-refractivity contribution in [1.82, 2.24) is 49.5 Å². The number of pyridine rings is 1. The van der Waals surface area contributed by atoms with Crippen molar-refractivity contribution < 1.29 is 33.1 Å². The molecule has 6 aromatic rings. The van der Waals surface area contributed by atoms with Crippen LogP contribution in [0.2, 0.25) is 0 Å². The third-order valence-electron chi connectivity index (χ3n) is 13.8. The molecule has 73 heavy (non-hydrogen) atoms. The lowest BCUT2D eigenvalue weighted by Crippen LogP contribution is -2.50. The maximum absolute atomic E-state index is 15.2. The van der Waals surface area contributed by atoms with Crippen LogP contribution in [0, 0.1) is 36.8 Å². The number of halogens is 2. The van der Waals surface area contributed by atoms with E-state index in [0.717, 1.165) is 33.5 Å². The number of hydrogen-bond acceptors (Lipinski definition) is 13. The van der Waals surface area contributed by atoms with Crippen LogP contribution in [0.1, 0.15) is 102 Å². The zero-order valence-corrected chi connectivity index (χ0v) is 43.4. The van der Waals surface area contributed by atoms with Crippen LogP contribution in [0.3, 0.4) is 0 Å². The number of ketones is 1. The van der Waals surface area contributed by atoms with Gasteiger partial charge in [-0.25, -0.2) is 33.7 Å². The molecule has 8 rings (SSSR count). The van der Waals surface area contributed by atoms with Gasteiger partial charge in [-0.15, -0.1) is 11.3 Å². The summed E-state index contributed by atoms with van der Waals surface area (Å²) in [6, 6.07) is 13.7. The van der Waals surface area contributed by atoms with Crippen molar-refractivity contribution in [3.8, 4) is 21.7 Å². The van der Waals surface area contributed by atoms with Crippen LogP contribution in [0.4, 0.5) is 20.5 Å². The minimum atomic E-state index is -0.851. The smallest absolute Gasteiger partial charge is 0.243 e. The number of fused-ring (bicyclic) bond motifs is 1. The van der Waals surface area contributed by atoms with Gasteiger partial charge < -0.3 is 30.1 Å². The summed E-state index contributed by atoms with van der Waals surface area (Å²) in [6.45, 7) is 16.9. The lowest BCUT2D eigenvalue weighted by atomic mass is 9.76. The number of carbonyl (C=O) groups excluding carboxylic acids is 4. The van der Waals surface area contributed by atoms with Crippen LogP contribution < -0.4 is 10.6 Å². The first-order chi connectivity index (χ1) is 34.8. The highest BCUT2D eigenvalue weighted by molar-refractivity contribution is 7.13. The molecule has 2 aliphatic heterocycles. The molecule has 0 bridgehead atoms. The summed E-state index contributed by atoms with van der Waals surface area (Å²) in [4.78, 5) is 82.6. The van der Waals surface area contributed by atoms with Crippen LogP contribution >= 0.6 is 11.3 Å². The highest BCUT2D eigenvalue weighted by Gasteiger charge is 2.44. The van der Waals surface area contributed by atoms with Gasteiger partial charge in [-0.2, -0.15) is 0 Å². The number of aliphatic hydroxyl groups excluding tert-OH is 1. The Morgan fingerprint density at radius 3 is 2.26 bits per heavy atom. The fourth-order valence-electron chi connectivity index (χ4n) is 9.82. The molecule has 4 aromatic heterocycles. The van der Waals surface area contributed by atoms with Crippen LogP contribution in [-0.4, -0.2) is 118 Å². The summed E-state index contributed by atoms with van der Waals surface area (Å²) < 4.78 is 32.2. The number of β-amino-alcohol motifs (C(OH)–C–C–N with tert-alkyl or cyclic N) is 1. The summed E-state index contributed by atoms with van der Waals surface area (Å²) in [5.41, 5.74) is 6.10. The molecule has 0 saturated carbocycles. The Labute approximate surface area is 428 Å². The van der Waals surface area contributed by atoms with E-state index in [4.69, 9.17) is 0 Å². The quantitative estimate of drug-likeness (QED) is 0.0699. The third-order valence-corrected chi connectivity index (χ3v) is 14.8. The number of Topliss-reactive ketones (excluding diaryl/α,β-unsaturated/α-hetero) is 1. The fraction of sp³-hybridized carbons (Fsp3) is 0.463. The Balaban J connectivity index is 0.757. The molecular formula is C54H65F2N11O5S. The first kappa shape index (κ1) is 52.7. The van der Waals surface area contributed by atoms with Crippen LogP contribution in [0.25, 0.3) is 32.7 Å². The summed E-state index contributed by atoms with van der Waals surface area (Å²) in [7, 11) is 0. The number of imidazole rings is 1. The zero-order valence-electron chi connectivity index (χ0n) is 42.6. The van der Waals surface area contributed by atoms with E-state index in [9.17, 15) is 24.3 Å². The lowest BCUT2D eigenvalue weighted by Gasteiger charge is -2.35. The average Bonchev–Trinajstić information content (AvgIpc) is 4.08. The highest BCUT2D eigenvalue weighted by Crippen LogP contribution is 2.35. The van der Waals surface area contributed by atoms with Gasteiger partial charge in [-0.3, -0.25) is 24.1 Å². The third kappa shape index (κ3) is 12.6. The SMILES string of the molecule is Cc1ncsc1-c1ccc(CNC(=O)[C@@H]2C[C@@H](O)CN2C(=O)[C@@H](CC(=O)CCCCC(=O)N2CCN(Cc3ccc(Nc4ncc(F)c(-c5cc(F)c6nc(C)n(C(C)C)c6c5)n4)nc3)CC2)C(C)(C)C)cc1. The van der Waals surface area contributed by atoms with Crippen molar-refractivity contribution in [2.75, 3.05) is 38.0 Å². The maximum atomic E-state index is 15.2. The monoisotopic (exact) mass is 1020 g/mol. The molecule has 16 nitrogen and oxygen atoms in total. The summed E-state index contributed by atoms with van der Waals surface area (Å²) >= 11 is 1.57. The molecule has 2 saturated heterocycles. The second kappa shape index (κ2) is 22.7. The minimum absolute atomic E-state index is 0.0106. The van der Waals surface area contributed by atoms with Gasteiger partial charge in [0.05, 0.1) is 33.9 Å². The number of piperazine rings is 1. The largest absolute Gasteiger partial charge is 0.391 e. The molecule has 19 heteroatoms. The number of nitrogens with zero attached hydrogens (tertiary/aromatic N) is 9. The van der Waals surface area contributed by atoms with Crippen molar-refractivity contribution in [2.45, 2.75) is 118 Å². The normalized spacial score (nSPS) is 16.9. The van der Waals surface area contributed by atoms with E-state index in [1.807, 2.05) is 93.8 Å². The number of likely N-dealkylation sites (tertiary alicyclic amines) is 1. The van der Waals surface area contributed by atoms with E-state index in [1.165, 1.54) is 11.0 Å². The molecule has 2 aromatic carbocycles. The van der Waals surface area contributed by atoms with E-state index < -0.39 is 35.1 Å². The number of carbonyl (C=O) groups is 4. The number of rotatable bonds is 18. The standard InChI is InChI=1S/C54H65F2N11O5S/c1-32(2)67-34(4)61-49-42(55)22-38(23-44(49)67)48-43(56)28-59-53(63-48)62-46-17-14-36(27-57-46)29-64-18-20-65(21-19-64)47(70)11-9-8-10-39(68)24-41(54(5,6)7)52(72)66-30-40(69)25-45(66)51(71)58-26-35-12-15-37(16-13-35)50-33(3)60-31-73-50/h12-17,22-23,27-28,31-32,40-41,45,69H,8-11,18-21,24-26,29-30H2,1-7H3,(H,58,71)(H,57,59,62,63)/t40-,41-,45+/m1/s1. The van der Waals surface area contributed by atoms with Gasteiger partial charge in [-0.1, -0.05) is 51.1 Å². The predicted octanol–water partition coefficient (Wildman–Crippen LogP) is 8.34. The Hall–Kier alpha value is -6.57. The number of amides is 3. The first-order valence-corrected chi connectivity index (χ1v) is 25.9. The number of aromatic nitrogens is 6. The molecule has 0 spiro atoms. The van der Waals surface area contributed by atoms with Gasteiger partial charge in [0, 0.05) is 95.2 Å². The first-order valence-electron chi connectivity index (χ1n) is 25.0. The van der Waals surface area contributed by atoms with Gasteiger partial charge in [-0.05, 0) is 80.8 Å². The van der Waals surface area contributed by atoms with Gasteiger partial charge >= 0.3 is 0 Å². The molecule has 2 aliphatic rings. The van der Waals surface area contributed by atoms with E-state index in [2.05, 4.69) is 40.5 Å². The Bertz CT molecular complexity index is 2950. The van der Waals surface area contributed by atoms with Gasteiger partial charge in [0.1, 0.15) is 34.7 Å². The predicted molar refractivity (Wildman–Crippen MR) is 276 cm³/mol. The molecule has 3 atom stereocenters. The van der Waals surface area contributed by atoms with Crippen molar-refractivity contribution in [3.63, 3.8) is 0 Å². The fourth-order valence-corrected chi connectivity index (χ4v) is 10.6. The second-order valence-electron chi connectivity index (χ2n) is 20.6. The van der Waals surface area contributed by atoms with E-state index in [-0.39, 0.29) is 84.6 Å². The van der Waals surface area contributed by atoms with Crippen LogP contribution in [0.15, 0.2) is 66.4 Å². The van der Waals surface area contributed by atoms with Gasteiger partial charge in [0.25, 0.3) is 0 Å². The van der Waals surface area contributed by atoms with Crippen LogP contribution in [0.5, 0.6) is 0 Å². The maximum Gasteiger partial charge on any atom is 0.243 e. The molecule has 3 N–H and O–H groups in total. The lowest BCUT2D eigenvalue weighted by molar-refractivity contribution is -0.146. The van der Waals surface area contributed by atoms with Gasteiger partial charge in [0.15, 0.2) is 11.6 Å². The summed E-state index contributed by atoms with van der Waals surface area (Å²) in [6.07, 6.45) is 3.68. The molecule has 386 valence electrons. The average molecular weight is 1020 g/mol. The second-order valence-corrected chi connectivity index (χ2v) is 21.5. The topological polar surface area (TPSA) is 192 Å². The Morgan fingerprint density at radius 1 is 0.863 bits per heavy atom. The summed E-state index contributed by atoms with van der Waals surface area (Å²) in [5.74, 6) is -1.42. The van der Waals surface area contributed by atoms with Crippen molar-refractivity contribution >= 4 is 57.6 Å². The number of thiazole rings is 1. The Kier molecular flexibility index (Phi) is 16.4. The number of benzene rings is 2. The van der Waals surface area contributed by atoms with Crippen molar-refractivity contribution in [1.29, 1.82) is 0 Å². The summed E-state index contributed by atoms with van der Waals surface area (Å²) in [5, 5.41) is 16.6.